The zero-order valence-corrected chi connectivity index (χ0v) is 13.4. The largest absolute Gasteiger partial charge is 0.312 e. The second-order valence-electron chi connectivity index (χ2n) is 6.33. The van der Waals surface area contributed by atoms with Crippen molar-refractivity contribution < 1.29 is 0 Å². The Balaban J connectivity index is 2.03. The van der Waals surface area contributed by atoms with Crippen LogP contribution >= 0.6 is 0 Å². The van der Waals surface area contributed by atoms with Crippen molar-refractivity contribution in [2.24, 2.45) is 0 Å². The standard InChI is InChI=1S/C18H30N2/c1-15-11-16(2)13-17(12-15)18(19-3)14-20-9-7-5-4-6-8-10-20/h11-13,18-19H,4-10,14H2,1-3H3. The molecule has 0 amide bonds. The lowest BCUT2D eigenvalue weighted by atomic mass is 10.00. The molecule has 1 aliphatic rings. The van der Waals surface area contributed by atoms with Crippen LogP contribution in [0.2, 0.25) is 0 Å². The highest BCUT2D eigenvalue weighted by Gasteiger charge is 2.16. The number of aryl methyl sites for hydroxylation is 2. The Hall–Kier alpha value is -0.860. The zero-order chi connectivity index (χ0) is 14.4. The zero-order valence-electron chi connectivity index (χ0n) is 13.4. The molecule has 1 N–H and O–H groups in total. The van der Waals surface area contributed by atoms with Crippen molar-refractivity contribution in [3.8, 4) is 0 Å². The maximum Gasteiger partial charge on any atom is 0.0447 e. The summed E-state index contributed by atoms with van der Waals surface area (Å²) in [5.41, 5.74) is 4.17. The van der Waals surface area contributed by atoms with Crippen molar-refractivity contribution in [3.63, 3.8) is 0 Å². The maximum absolute atomic E-state index is 3.51. The van der Waals surface area contributed by atoms with Gasteiger partial charge in [-0.1, -0.05) is 48.6 Å². The fourth-order valence-electron chi connectivity index (χ4n) is 3.33. The highest BCUT2D eigenvalue weighted by Crippen LogP contribution is 2.19. The van der Waals surface area contributed by atoms with Crippen molar-refractivity contribution >= 4 is 0 Å². The molecule has 1 aromatic carbocycles. The van der Waals surface area contributed by atoms with E-state index in [0.29, 0.717) is 6.04 Å². The van der Waals surface area contributed by atoms with E-state index in [2.05, 4.69) is 49.3 Å². The number of hydrogen-bond acceptors (Lipinski definition) is 2. The summed E-state index contributed by atoms with van der Waals surface area (Å²) in [6.07, 6.45) is 6.97. The van der Waals surface area contributed by atoms with Crippen LogP contribution in [0.25, 0.3) is 0 Å². The molecule has 1 saturated heterocycles. The van der Waals surface area contributed by atoms with E-state index in [1.54, 1.807) is 0 Å². The fourth-order valence-corrected chi connectivity index (χ4v) is 3.33. The molecule has 1 atom stereocenters. The van der Waals surface area contributed by atoms with Gasteiger partial charge in [0, 0.05) is 12.6 Å². The molecule has 20 heavy (non-hydrogen) atoms. The van der Waals surface area contributed by atoms with Gasteiger partial charge in [0.05, 0.1) is 0 Å². The first kappa shape index (κ1) is 15.5. The molecule has 0 aliphatic carbocycles. The average Bonchev–Trinajstić information content (AvgIpc) is 2.36. The van der Waals surface area contributed by atoms with Gasteiger partial charge in [0.15, 0.2) is 0 Å². The Morgan fingerprint density at radius 1 is 0.950 bits per heavy atom. The van der Waals surface area contributed by atoms with Crippen LogP contribution in [0.5, 0.6) is 0 Å². The lowest BCUT2D eigenvalue weighted by Crippen LogP contribution is -2.35. The lowest BCUT2D eigenvalue weighted by Gasteiger charge is -2.29. The SMILES string of the molecule is CNC(CN1CCCCCCC1)c1cc(C)cc(C)c1. The molecule has 1 unspecified atom stereocenters. The Labute approximate surface area is 124 Å². The van der Waals surface area contributed by atoms with Crippen molar-refractivity contribution in [3.05, 3.63) is 34.9 Å². The van der Waals surface area contributed by atoms with Gasteiger partial charge in [-0.3, -0.25) is 0 Å². The molecule has 1 heterocycles. The number of nitrogens with zero attached hydrogens (tertiary/aromatic N) is 1. The first-order valence-electron chi connectivity index (χ1n) is 8.17. The number of rotatable bonds is 4. The van der Waals surface area contributed by atoms with Gasteiger partial charge in [0.25, 0.3) is 0 Å². The van der Waals surface area contributed by atoms with Crippen LogP contribution in [0.4, 0.5) is 0 Å². The minimum Gasteiger partial charge on any atom is -0.312 e. The smallest absolute Gasteiger partial charge is 0.0447 e. The third-order valence-electron chi connectivity index (χ3n) is 4.38. The predicted molar refractivity (Wildman–Crippen MR) is 87.2 cm³/mol. The molecule has 0 spiro atoms. The number of hydrogen-bond donors (Lipinski definition) is 1. The summed E-state index contributed by atoms with van der Waals surface area (Å²) in [5.74, 6) is 0. The Bertz CT molecular complexity index is 386. The molecule has 0 radical (unpaired) electrons. The molecule has 2 rings (SSSR count). The highest BCUT2D eigenvalue weighted by molar-refractivity contribution is 5.30. The van der Waals surface area contributed by atoms with Crippen LogP contribution in [0.1, 0.15) is 54.8 Å². The average molecular weight is 274 g/mol. The topological polar surface area (TPSA) is 15.3 Å². The maximum atomic E-state index is 3.51. The molecule has 2 nitrogen and oxygen atoms in total. The van der Waals surface area contributed by atoms with Crippen molar-refractivity contribution in [1.29, 1.82) is 0 Å². The summed E-state index contributed by atoms with van der Waals surface area (Å²) in [5, 5.41) is 3.51. The predicted octanol–water partition coefficient (Wildman–Crippen LogP) is 3.83. The van der Waals surface area contributed by atoms with Crippen molar-refractivity contribution in [2.75, 3.05) is 26.7 Å². The molecule has 0 aromatic heterocycles. The van der Waals surface area contributed by atoms with E-state index in [0.717, 1.165) is 6.54 Å². The van der Waals surface area contributed by atoms with E-state index < -0.39 is 0 Å². The second-order valence-corrected chi connectivity index (χ2v) is 6.33. The third kappa shape index (κ3) is 4.60. The minimum atomic E-state index is 0.452. The summed E-state index contributed by atoms with van der Waals surface area (Å²) in [6, 6.07) is 7.37. The molecule has 0 bridgehead atoms. The van der Waals surface area contributed by atoms with Gasteiger partial charge in [-0.15, -0.1) is 0 Å². The van der Waals surface area contributed by atoms with Gasteiger partial charge in [0.1, 0.15) is 0 Å². The van der Waals surface area contributed by atoms with Crippen LogP contribution in [-0.4, -0.2) is 31.6 Å². The summed E-state index contributed by atoms with van der Waals surface area (Å²) in [7, 11) is 2.09. The first-order chi connectivity index (χ1) is 9.69. The van der Waals surface area contributed by atoms with Crippen LogP contribution in [-0.2, 0) is 0 Å². The van der Waals surface area contributed by atoms with Crippen LogP contribution in [0.15, 0.2) is 18.2 Å². The van der Waals surface area contributed by atoms with E-state index in [9.17, 15) is 0 Å². The van der Waals surface area contributed by atoms with E-state index in [-0.39, 0.29) is 0 Å². The number of benzene rings is 1. The molecular formula is C18H30N2. The monoisotopic (exact) mass is 274 g/mol. The van der Waals surface area contributed by atoms with Gasteiger partial charge in [-0.2, -0.15) is 0 Å². The van der Waals surface area contributed by atoms with Gasteiger partial charge >= 0.3 is 0 Å². The van der Waals surface area contributed by atoms with Crippen molar-refractivity contribution in [1.82, 2.24) is 10.2 Å². The van der Waals surface area contributed by atoms with Crippen LogP contribution in [0.3, 0.4) is 0 Å². The van der Waals surface area contributed by atoms with E-state index in [1.165, 1.54) is 61.9 Å². The van der Waals surface area contributed by atoms with Gasteiger partial charge in [-0.25, -0.2) is 0 Å². The molecule has 2 heteroatoms. The summed E-state index contributed by atoms with van der Waals surface area (Å²) in [6.45, 7) is 8.06. The molecular weight excluding hydrogens is 244 g/mol. The fraction of sp³-hybridized carbons (Fsp3) is 0.667. The summed E-state index contributed by atoms with van der Waals surface area (Å²) in [4.78, 5) is 2.65. The molecule has 1 aromatic rings. The van der Waals surface area contributed by atoms with Gasteiger partial charge < -0.3 is 10.2 Å². The highest BCUT2D eigenvalue weighted by atomic mass is 15.1. The van der Waals surface area contributed by atoms with E-state index in [1.807, 2.05) is 0 Å². The molecule has 1 aliphatic heterocycles. The minimum absolute atomic E-state index is 0.452. The van der Waals surface area contributed by atoms with E-state index in [4.69, 9.17) is 0 Å². The molecule has 112 valence electrons. The molecule has 0 saturated carbocycles. The van der Waals surface area contributed by atoms with Crippen molar-refractivity contribution in [2.45, 2.75) is 52.0 Å². The van der Waals surface area contributed by atoms with Gasteiger partial charge in [0.2, 0.25) is 0 Å². The second kappa shape index (κ2) is 7.80. The summed E-state index contributed by atoms with van der Waals surface area (Å²) >= 11 is 0. The van der Waals surface area contributed by atoms with Crippen LogP contribution < -0.4 is 5.32 Å². The number of nitrogens with one attached hydrogen (secondary N) is 1. The first-order valence-corrected chi connectivity index (χ1v) is 8.17. The van der Waals surface area contributed by atoms with Crippen LogP contribution in [0, 0.1) is 13.8 Å². The number of likely N-dealkylation sites (tertiary alicyclic amines) is 1. The third-order valence-corrected chi connectivity index (χ3v) is 4.38. The Morgan fingerprint density at radius 2 is 1.50 bits per heavy atom. The Kier molecular flexibility index (Phi) is 6.06. The lowest BCUT2D eigenvalue weighted by molar-refractivity contribution is 0.225. The number of likely N-dealkylation sites (N-methyl/N-ethyl adjacent to an activating group) is 1. The normalized spacial score (nSPS) is 19.4. The quantitative estimate of drug-likeness (QED) is 0.897. The molecule has 1 fully saturated rings. The Morgan fingerprint density at radius 3 is 2.05 bits per heavy atom. The van der Waals surface area contributed by atoms with E-state index >= 15 is 0 Å². The summed E-state index contributed by atoms with van der Waals surface area (Å²) < 4.78 is 0. The van der Waals surface area contributed by atoms with Gasteiger partial charge in [-0.05, 0) is 52.4 Å².